The first-order valence-electron chi connectivity index (χ1n) is 8.90. The van der Waals surface area contributed by atoms with Crippen molar-refractivity contribution in [3.8, 4) is 0 Å². The number of alkyl halides is 6. The van der Waals surface area contributed by atoms with Crippen molar-refractivity contribution in [3.63, 3.8) is 0 Å². The molecule has 0 radical (unpaired) electrons. The van der Waals surface area contributed by atoms with Gasteiger partial charge in [-0.3, -0.25) is 0 Å². The standard InChI is InChI=1S/C19H20F6N2O3S/c1-27(6-7-28)31(29,30)17-4-2-13(3-5-17)11-26-12-14-8-15(18(20,21)22)10-16(9-14)19(23,24)25/h2-5,8-10,26,28H,6-7,11-12H2,1H3. The highest BCUT2D eigenvalue weighted by Crippen LogP contribution is 2.36. The Morgan fingerprint density at radius 3 is 1.81 bits per heavy atom. The first kappa shape index (κ1) is 25.1. The molecular formula is C19H20F6N2O3S. The molecule has 0 heterocycles. The molecule has 2 aromatic carbocycles. The molecule has 31 heavy (non-hydrogen) atoms. The van der Waals surface area contributed by atoms with Gasteiger partial charge in [-0.15, -0.1) is 0 Å². The quantitative estimate of drug-likeness (QED) is 0.579. The minimum absolute atomic E-state index is 0.0140. The molecule has 0 fully saturated rings. The van der Waals surface area contributed by atoms with E-state index in [4.69, 9.17) is 5.11 Å². The van der Waals surface area contributed by atoms with E-state index in [-0.39, 0.29) is 42.8 Å². The zero-order valence-corrected chi connectivity index (χ0v) is 17.1. The largest absolute Gasteiger partial charge is 0.416 e. The van der Waals surface area contributed by atoms with Gasteiger partial charge in [0, 0.05) is 26.7 Å². The van der Waals surface area contributed by atoms with E-state index in [0.29, 0.717) is 17.7 Å². The molecule has 0 spiro atoms. The van der Waals surface area contributed by atoms with Crippen LogP contribution in [0.3, 0.4) is 0 Å². The Bertz CT molecular complexity index is 957. The zero-order chi connectivity index (χ0) is 23.4. The van der Waals surface area contributed by atoms with Gasteiger partial charge in [-0.25, -0.2) is 8.42 Å². The monoisotopic (exact) mass is 470 g/mol. The van der Waals surface area contributed by atoms with Gasteiger partial charge < -0.3 is 10.4 Å². The molecule has 0 aliphatic heterocycles. The molecule has 2 N–H and O–H groups in total. The normalized spacial score (nSPS) is 13.1. The third-order valence-corrected chi connectivity index (χ3v) is 6.22. The lowest BCUT2D eigenvalue weighted by Crippen LogP contribution is -2.29. The maximum atomic E-state index is 12.9. The Balaban J connectivity index is 2.10. The summed E-state index contributed by atoms with van der Waals surface area (Å²) in [5, 5.41) is 11.6. The highest BCUT2D eigenvalue weighted by Gasteiger charge is 2.36. The van der Waals surface area contributed by atoms with E-state index < -0.39 is 33.5 Å². The summed E-state index contributed by atoms with van der Waals surface area (Å²) >= 11 is 0. The number of aliphatic hydroxyl groups excluding tert-OH is 1. The molecule has 5 nitrogen and oxygen atoms in total. The number of rotatable bonds is 8. The number of hydrogen-bond acceptors (Lipinski definition) is 4. The maximum absolute atomic E-state index is 12.9. The highest BCUT2D eigenvalue weighted by atomic mass is 32.2. The van der Waals surface area contributed by atoms with Gasteiger partial charge in [0.25, 0.3) is 0 Å². The summed E-state index contributed by atoms with van der Waals surface area (Å²) in [4.78, 5) is -0.0140. The van der Waals surface area contributed by atoms with Crippen molar-refractivity contribution >= 4 is 10.0 Å². The third kappa shape index (κ3) is 6.66. The molecule has 0 unspecified atom stereocenters. The average molecular weight is 470 g/mol. The molecule has 0 amide bonds. The summed E-state index contributed by atoms with van der Waals surface area (Å²) in [6.45, 7) is -0.595. The first-order valence-corrected chi connectivity index (χ1v) is 10.3. The van der Waals surface area contributed by atoms with Gasteiger partial charge in [0.2, 0.25) is 10.0 Å². The predicted molar refractivity (Wildman–Crippen MR) is 100 cm³/mol. The Morgan fingerprint density at radius 2 is 1.35 bits per heavy atom. The molecule has 2 aromatic rings. The fourth-order valence-electron chi connectivity index (χ4n) is 2.69. The molecule has 0 atom stereocenters. The van der Waals surface area contributed by atoms with Crippen LogP contribution >= 0.6 is 0 Å². The SMILES string of the molecule is CN(CCO)S(=O)(=O)c1ccc(CNCc2cc(C(F)(F)F)cc(C(F)(F)F)c2)cc1. The lowest BCUT2D eigenvalue weighted by Gasteiger charge is -2.16. The van der Waals surface area contributed by atoms with E-state index in [1.807, 2.05) is 0 Å². The van der Waals surface area contributed by atoms with Crippen LogP contribution in [0.4, 0.5) is 26.3 Å². The summed E-state index contributed by atoms with van der Waals surface area (Å²) in [7, 11) is -2.47. The van der Waals surface area contributed by atoms with E-state index in [2.05, 4.69) is 5.32 Å². The zero-order valence-electron chi connectivity index (χ0n) is 16.3. The first-order chi connectivity index (χ1) is 14.2. The molecule has 0 aliphatic rings. The van der Waals surface area contributed by atoms with E-state index in [0.717, 1.165) is 4.31 Å². The average Bonchev–Trinajstić information content (AvgIpc) is 2.67. The van der Waals surface area contributed by atoms with Gasteiger partial charge in [-0.1, -0.05) is 12.1 Å². The molecule has 0 aromatic heterocycles. The van der Waals surface area contributed by atoms with Crippen molar-refractivity contribution in [3.05, 3.63) is 64.7 Å². The second-order valence-corrected chi connectivity index (χ2v) is 8.76. The second-order valence-electron chi connectivity index (χ2n) is 6.71. The molecule has 0 bridgehead atoms. The fourth-order valence-corrected chi connectivity index (χ4v) is 3.85. The third-order valence-electron chi connectivity index (χ3n) is 4.35. The lowest BCUT2D eigenvalue weighted by molar-refractivity contribution is -0.143. The Hall–Kier alpha value is -2.15. The van der Waals surface area contributed by atoms with Crippen molar-refractivity contribution < 1.29 is 39.9 Å². The van der Waals surface area contributed by atoms with Crippen LogP contribution in [0, 0.1) is 0 Å². The number of hydrogen-bond donors (Lipinski definition) is 2. The van der Waals surface area contributed by atoms with Gasteiger partial charge in [-0.05, 0) is 41.5 Å². The number of sulfonamides is 1. The van der Waals surface area contributed by atoms with Crippen molar-refractivity contribution in [1.82, 2.24) is 9.62 Å². The van der Waals surface area contributed by atoms with Crippen LogP contribution in [0.25, 0.3) is 0 Å². The van der Waals surface area contributed by atoms with E-state index >= 15 is 0 Å². The number of likely N-dealkylation sites (N-methyl/N-ethyl adjacent to an activating group) is 1. The Labute approximate surface area is 175 Å². The molecule has 0 saturated heterocycles. The topological polar surface area (TPSA) is 69.6 Å². The van der Waals surface area contributed by atoms with Crippen LogP contribution in [0.15, 0.2) is 47.4 Å². The van der Waals surface area contributed by atoms with Gasteiger partial charge in [0.15, 0.2) is 0 Å². The molecule has 0 aliphatic carbocycles. The van der Waals surface area contributed by atoms with Gasteiger partial charge in [0.05, 0.1) is 22.6 Å². The van der Waals surface area contributed by atoms with E-state index in [1.165, 1.54) is 31.3 Å². The molecule has 2 rings (SSSR count). The summed E-state index contributed by atoms with van der Waals surface area (Å²) in [6, 6.07) is 6.96. The van der Waals surface area contributed by atoms with Crippen molar-refractivity contribution in [2.45, 2.75) is 30.3 Å². The maximum Gasteiger partial charge on any atom is 0.416 e. The fraction of sp³-hybridized carbons (Fsp3) is 0.368. The van der Waals surface area contributed by atoms with Crippen molar-refractivity contribution in [2.75, 3.05) is 20.2 Å². The number of nitrogens with zero attached hydrogens (tertiary/aromatic N) is 1. The van der Waals surface area contributed by atoms with Crippen LogP contribution in [-0.4, -0.2) is 38.0 Å². The summed E-state index contributed by atoms with van der Waals surface area (Å²) in [5.41, 5.74) is -2.39. The van der Waals surface area contributed by atoms with Crippen molar-refractivity contribution in [1.29, 1.82) is 0 Å². The molecule has 0 saturated carbocycles. The predicted octanol–water partition coefficient (Wildman–Crippen LogP) is 3.63. The van der Waals surface area contributed by atoms with E-state index in [9.17, 15) is 34.8 Å². The smallest absolute Gasteiger partial charge is 0.395 e. The van der Waals surface area contributed by atoms with Gasteiger partial charge >= 0.3 is 12.4 Å². The van der Waals surface area contributed by atoms with Gasteiger partial charge in [0.1, 0.15) is 0 Å². The van der Waals surface area contributed by atoms with Crippen LogP contribution in [0.2, 0.25) is 0 Å². The molecular weight excluding hydrogens is 450 g/mol. The summed E-state index contributed by atoms with van der Waals surface area (Å²) in [6.07, 6.45) is -9.83. The highest BCUT2D eigenvalue weighted by molar-refractivity contribution is 7.89. The van der Waals surface area contributed by atoms with Gasteiger partial charge in [-0.2, -0.15) is 30.6 Å². The van der Waals surface area contributed by atoms with Crippen LogP contribution in [0.5, 0.6) is 0 Å². The number of nitrogens with one attached hydrogen (secondary N) is 1. The van der Waals surface area contributed by atoms with Crippen molar-refractivity contribution in [2.24, 2.45) is 0 Å². The van der Waals surface area contributed by atoms with E-state index in [1.54, 1.807) is 0 Å². The number of aliphatic hydroxyl groups is 1. The summed E-state index contributed by atoms with van der Waals surface area (Å²) in [5.74, 6) is 0. The molecule has 172 valence electrons. The Kier molecular flexibility index (Phi) is 7.74. The summed E-state index contributed by atoms with van der Waals surface area (Å²) < 4.78 is 103. The minimum Gasteiger partial charge on any atom is -0.395 e. The molecule has 12 heteroatoms. The number of halogens is 6. The number of benzene rings is 2. The van der Waals surface area contributed by atoms with Crippen LogP contribution < -0.4 is 5.32 Å². The minimum atomic E-state index is -4.92. The van der Waals surface area contributed by atoms with Crippen LogP contribution in [0.1, 0.15) is 22.3 Å². The van der Waals surface area contributed by atoms with Crippen LogP contribution in [-0.2, 0) is 35.5 Å². The Morgan fingerprint density at radius 1 is 0.871 bits per heavy atom. The second kappa shape index (κ2) is 9.55. The lowest BCUT2D eigenvalue weighted by atomic mass is 10.0.